The average Bonchev–Trinajstić information content (AvgIpc) is 2.49. The van der Waals surface area contributed by atoms with Crippen LogP contribution in [0.2, 0.25) is 0 Å². The number of carbonyl (C=O) groups is 1. The van der Waals surface area contributed by atoms with Gasteiger partial charge < -0.3 is 9.84 Å². The molecule has 0 aliphatic heterocycles. The summed E-state index contributed by atoms with van der Waals surface area (Å²) in [4.78, 5) is 11.3. The Balaban J connectivity index is 2.65. The average molecular weight is 180 g/mol. The van der Waals surface area contributed by atoms with E-state index < -0.39 is 0 Å². The van der Waals surface area contributed by atoms with Crippen LogP contribution in [0.1, 0.15) is 19.6 Å². The van der Waals surface area contributed by atoms with Crippen LogP contribution in [0.5, 0.6) is 0 Å². The van der Waals surface area contributed by atoms with Crippen molar-refractivity contribution in [2.75, 3.05) is 5.32 Å². The Morgan fingerprint density at radius 3 is 2.85 bits per heavy atom. The molecular weight excluding hydrogens is 168 g/mol. The minimum Gasteiger partial charge on any atom is -0.360 e. The van der Waals surface area contributed by atoms with Crippen LogP contribution in [0.25, 0.3) is 0 Å². The van der Waals surface area contributed by atoms with Crippen LogP contribution in [-0.2, 0) is 4.79 Å². The first-order chi connectivity index (χ1) is 6.13. The predicted molar refractivity (Wildman–Crippen MR) is 49.3 cm³/mol. The molecule has 4 heteroatoms. The summed E-state index contributed by atoms with van der Waals surface area (Å²) in [6.45, 7) is 5.32. The van der Waals surface area contributed by atoms with Gasteiger partial charge in [-0.15, -0.1) is 0 Å². The van der Waals surface area contributed by atoms with Crippen LogP contribution in [-0.4, -0.2) is 11.1 Å². The third kappa shape index (κ3) is 2.43. The molecule has 1 amide bonds. The largest absolute Gasteiger partial charge is 0.360 e. The van der Waals surface area contributed by atoms with Crippen molar-refractivity contribution in [1.29, 1.82) is 0 Å². The van der Waals surface area contributed by atoms with Crippen molar-refractivity contribution in [3.8, 4) is 0 Å². The lowest BCUT2D eigenvalue weighted by molar-refractivity contribution is -0.112. The Bertz CT molecular complexity index is 339. The third-order valence-corrected chi connectivity index (χ3v) is 1.66. The van der Waals surface area contributed by atoms with Gasteiger partial charge in [-0.3, -0.25) is 4.79 Å². The number of hydrogen-bond donors (Lipinski definition) is 1. The summed E-state index contributed by atoms with van der Waals surface area (Å²) in [7, 11) is 0. The number of aromatic nitrogens is 1. The first kappa shape index (κ1) is 9.51. The van der Waals surface area contributed by atoms with Crippen LogP contribution in [0.15, 0.2) is 22.2 Å². The number of carbonyl (C=O) groups excluding carboxylic acids is 1. The minimum atomic E-state index is -0.157. The molecule has 0 aromatic carbocycles. The fourth-order valence-corrected chi connectivity index (χ4v) is 0.771. The number of amides is 1. The monoisotopic (exact) mass is 180 g/mol. The van der Waals surface area contributed by atoms with Gasteiger partial charge in [0.25, 0.3) is 5.91 Å². The van der Waals surface area contributed by atoms with E-state index in [1.54, 1.807) is 26.0 Å². The quantitative estimate of drug-likeness (QED) is 0.707. The van der Waals surface area contributed by atoms with Crippen molar-refractivity contribution in [3.05, 3.63) is 23.5 Å². The van der Waals surface area contributed by atoms with Crippen LogP contribution in [0.4, 0.5) is 5.82 Å². The molecule has 0 bridgehead atoms. The molecule has 0 fully saturated rings. The number of nitrogens with one attached hydrogen (secondary N) is 1. The molecule has 70 valence electrons. The highest BCUT2D eigenvalue weighted by Gasteiger charge is 2.06. The van der Waals surface area contributed by atoms with E-state index in [1.807, 2.05) is 6.92 Å². The molecule has 0 radical (unpaired) electrons. The van der Waals surface area contributed by atoms with E-state index in [9.17, 15) is 4.79 Å². The summed E-state index contributed by atoms with van der Waals surface area (Å²) in [6.07, 6.45) is 1.74. The van der Waals surface area contributed by atoms with Crippen LogP contribution < -0.4 is 5.32 Å². The fraction of sp³-hybridized carbons (Fsp3) is 0.333. The lowest BCUT2D eigenvalue weighted by Gasteiger charge is -1.98. The van der Waals surface area contributed by atoms with Crippen molar-refractivity contribution in [3.63, 3.8) is 0 Å². The molecule has 0 aliphatic rings. The van der Waals surface area contributed by atoms with Crippen LogP contribution in [0, 0.1) is 6.92 Å². The molecule has 13 heavy (non-hydrogen) atoms. The highest BCUT2D eigenvalue weighted by molar-refractivity contribution is 6.02. The second kappa shape index (κ2) is 3.89. The predicted octanol–water partition coefficient (Wildman–Crippen LogP) is 1.89. The zero-order valence-electron chi connectivity index (χ0n) is 7.92. The maximum atomic E-state index is 11.3. The number of aryl methyl sites for hydroxylation is 1. The standard InChI is InChI=1S/C9H12N2O2/c1-4-6(2)9(12)10-8-5-7(3)13-11-8/h4-5H,1-3H3,(H,10,11,12)/b6-4-. The van der Waals surface area contributed by atoms with Crippen molar-refractivity contribution >= 4 is 11.7 Å². The Hall–Kier alpha value is -1.58. The first-order valence-electron chi connectivity index (χ1n) is 4.01. The van der Waals surface area contributed by atoms with Crippen molar-refractivity contribution in [1.82, 2.24) is 5.16 Å². The molecule has 1 rings (SSSR count). The second-order valence-corrected chi connectivity index (χ2v) is 2.75. The van der Waals surface area contributed by atoms with E-state index in [0.29, 0.717) is 17.2 Å². The molecule has 0 saturated carbocycles. The lowest BCUT2D eigenvalue weighted by Crippen LogP contribution is -2.12. The van der Waals surface area contributed by atoms with Crippen molar-refractivity contribution in [2.45, 2.75) is 20.8 Å². The van der Waals surface area contributed by atoms with Crippen molar-refractivity contribution < 1.29 is 9.32 Å². The molecule has 0 unspecified atom stereocenters. The van der Waals surface area contributed by atoms with Gasteiger partial charge in [0.15, 0.2) is 5.82 Å². The fourth-order valence-electron chi connectivity index (χ4n) is 0.771. The van der Waals surface area contributed by atoms with E-state index in [0.717, 1.165) is 0 Å². The minimum absolute atomic E-state index is 0.157. The van der Waals surface area contributed by atoms with Gasteiger partial charge in [-0.25, -0.2) is 0 Å². The van der Waals surface area contributed by atoms with Crippen molar-refractivity contribution in [2.24, 2.45) is 0 Å². The topological polar surface area (TPSA) is 55.1 Å². The molecule has 0 spiro atoms. The summed E-state index contributed by atoms with van der Waals surface area (Å²) in [5, 5.41) is 6.24. The van der Waals surface area contributed by atoms with E-state index >= 15 is 0 Å². The van der Waals surface area contributed by atoms with Gasteiger partial charge in [0.05, 0.1) is 0 Å². The zero-order chi connectivity index (χ0) is 9.84. The molecule has 0 aliphatic carbocycles. The normalized spacial score (nSPS) is 11.5. The number of anilines is 1. The summed E-state index contributed by atoms with van der Waals surface area (Å²) >= 11 is 0. The van der Waals surface area contributed by atoms with Gasteiger partial charge in [-0.2, -0.15) is 0 Å². The zero-order valence-corrected chi connectivity index (χ0v) is 7.92. The van der Waals surface area contributed by atoms with Gasteiger partial charge >= 0.3 is 0 Å². The smallest absolute Gasteiger partial charge is 0.252 e. The first-order valence-corrected chi connectivity index (χ1v) is 4.01. The molecular formula is C9H12N2O2. The van der Waals surface area contributed by atoms with Gasteiger partial charge in [-0.1, -0.05) is 11.2 Å². The van der Waals surface area contributed by atoms with Crippen LogP contribution >= 0.6 is 0 Å². The van der Waals surface area contributed by atoms with Gasteiger partial charge in [0.2, 0.25) is 0 Å². The van der Waals surface area contributed by atoms with Gasteiger partial charge in [-0.05, 0) is 20.8 Å². The molecule has 1 aromatic rings. The Morgan fingerprint density at radius 1 is 1.69 bits per heavy atom. The Labute approximate surface area is 76.6 Å². The summed E-state index contributed by atoms with van der Waals surface area (Å²) in [5.74, 6) is 0.966. The maximum absolute atomic E-state index is 11.3. The summed E-state index contributed by atoms with van der Waals surface area (Å²) in [5.41, 5.74) is 0.653. The number of rotatable bonds is 2. The highest BCUT2D eigenvalue weighted by Crippen LogP contribution is 2.08. The van der Waals surface area contributed by atoms with E-state index in [-0.39, 0.29) is 5.91 Å². The number of allylic oxidation sites excluding steroid dienone is 1. The molecule has 4 nitrogen and oxygen atoms in total. The van der Waals surface area contributed by atoms with E-state index in [2.05, 4.69) is 10.5 Å². The molecule has 1 heterocycles. The molecule has 1 N–H and O–H groups in total. The Morgan fingerprint density at radius 2 is 2.38 bits per heavy atom. The van der Waals surface area contributed by atoms with Crippen LogP contribution in [0.3, 0.4) is 0 Å². The number of nitrogens with zero attached hydrogens (tertiary/aromatic N) is 1. The molecule has 1 aromatic heterocycles. The van der Waals surface area contributed by atoms with Gasteiger partial charge in [0.1, 0.15) is 5.76 Å². The molecule has 0 atom stereocenters. The number of hydrogen-bond acceptors (Lipinski definition) is 3. The summed E-state index contributed by atoms with van der Waals surface area (Å²) < 4.78 is 4.79. The van der Waals surface area contributed by atoms with E-state index in [4.69, 9.17) is 4.52 Å². The van der Waals surface area contributed by atoms with Gasteiger partial charge in [0, 0.05) is 11.6 Å². The van der Waals surface area contributed by atoms with E-state index in [1.165, 1.54) is 0 Å². The Kier molecular flexibility index (Phi) is 2.84. The SMILES string of the molecule is C/C=C(/C)C(=O)Nc1cc(C)on1. The highest BCUT2D eigenvalue weighted by atomic mass is 16.5. The summed E-state index contributed by atoms with van der Waals surface area (Å²) in [6, 6.07) is 1.67. The third-order valence-electron chi connectivity index (χ3n) is 1.66. The molecule has 0 saturated heterocycles. The lowest BCUT2D eigenvalue weighted by atomic mass is 10.3. The second-order valence-electron chi connectivity index (χ2n) is 2.75. The maximum Gasteiger partial charge on any atom is 0.252 e.